The fourth-order valence-corrected chi connectivity index (χ4v) is 2.05. The monoisotopic (exact) mass is 349 g/mol. The van der Waals surface area contributed by atoms with Gasteiger partial charge in [-0.15, -0.1) is 0 Å². The normalized spacial score (nSPS) is 10.9. The van der Waals surface area contributed by atoms with Crippen molar-refractivity contribution in [1.29, 1.82) is 0 Å². The topological polar surface area (TPSA) is 95.5 Å². The van der Waals surface area contributed by atoms with Crippen LogP contribution in [0.4, 0.5) is 0 Å². The molecule has 0 spiro atoms. The van der Waals surface area contributed by atoms with Gasteiger partial charge >= 0.3 is 35.5 Å². The molecular formula is C18H16NNaO5. The molecule has 1 unspecified atom stereocenters. The van der Waals surface area contributed by atoms with Crippen molar-refractivity contribution >= 4 is 17.8 Å². The number of carboxylic acids is 1. The molecule has 0 saturated heterocycles. The van der Waals surface area contributed by atoms with Gasteiger partial charge in [-0.25, -0.2) is 0 Å². The maximum atomic E-state index is 11.8. The molecule has 2 aromatic rings. The molecule has 25 heavy (non-hydrogen) atoms. The molecule has 0 bridgehead atoms. The number of carboxylic acid groups (broad SMARTS) is 1. The summed E-state index contributed by atoms with van der Waals surface area (Å²) in [6.45, 7) is -0.424. The third-order valence-corrected chi connectivity index (χ3v) is 3.23. The molecule has 2 aromatic carbocycles. The Kier molecular flexibility index (Phi) is 8.91. The van der Waals surface area contributed by atoms with Crippen molar-refractivity contribution in [1.82, 2.24) is 5.32 Å². The summed E-state index contributed by atoms with van der Waals surface area (Å²) in [5.41, 5.74) is 1.10. The smallest absolute Gasteiger partial charge is 0.546 e. The van der Waals surface area contributed by atoms with Crippen LogP contribution in [0, 0.1) is 0 Å². The molecule has 6 nitrogen and oxygen atoms in total. The molecule has 0 aliphatic carbocycles. The summed E-state index contributed by atoms with van der Waals surface area (Å²) in [7, 11) is 0. The molecule has 124 valence electrons. The van der Waals surface area contributed by atoms with E-state index >= 15 is 0 Å². The first kappa shape index (κ1) is 20.9. The molecule has 7 heteroatoms. The first-order valence-electron chi connectivity index (χ1n) is 7.34. The van der Waals surface area contributed by atoms with E-state index in [0.29, 0.717) is 11.1 Å². The van der Waals surface area contributed by atoms with Crippen LogP contribution in [-0.2, 0) is 20.7 Å². The maximum Gasteiger partial charge on any atom is 1.00 e. The summed E-state index contributed by atoms with van der Waals surface area (Å²) in [4.78, 5) is 34.7. The molecule has 0 saturated carbocycles. The Morgan fingerprint density at radius 2 is 1.52 bits per heavy atom. The Morgan fingerprint density at radius 3 is 2.08 bits per heavy atom. The number of esters is 1. The van der Waals surface area contributed by atoms with Crippen LogP contribution < -0.4 is 40.0 Å². The van der Waals surface area contributed by atoms with E-state index in [0.717, 1.165) is 0 Å². The van der Waals surface area contributed by atoms with E-state index in [9.17, 15) is 19.5 Å². The standard InChI is InChI=1S/C18H17NO5.Na/c20-16(12-19-17(21)14-9-5-2-6-10-14)24-15(18(22)23)11-13-7-3-1-4-8-13;/h1-10,15H,11-12H2,(H,19,21)(H,22,23);/q;+1/p-1. The Hall–Kier alpha value is -2.15. The largest absolute Gasteiger partial charge is 1.00 e. The zero-order valence-corrected chi connectivity index (χ0v) is 15.8. The molecule has 1 atom stereocenters. The second-order valence-corrected chi connectivity index (χ2v) is 5.04. The summed E-state index contributed by atoms with van der Waals surface area (Å²) >= 11 is 0. The van der Waals surface area contributed by atoms with Gasteiger partial charge in [-0.1, -0.05) is 48.5 Å². The SMILES string of the molecule is O=C(CNC(=O)c1ccccc1)OC(Cc1ccccc1)C(=O)[O-].[Na+]. The number of benzene rings is 2. The Labute approximate surface area is 167 Å². The quantitative estimate of drug-likeness (QED) is 0.434. The van der Waals surface area contributed by atoms with Gasteiger partial charge in [0, 0.05) is 12.0 Å². The van der Waals surface area contributed by atoms with Crippen LogP contribution in [0.2, 0.25) is 0 Å². The van der Waals surface area contributed by atoms with E-state index in [-0.39, 0.29) is 36.0 Å². The van der Waals surface area contributed by atoms with Crippen LogP contribution in [-0.4, -0.2) is 30.5 Å². The summed E-state index contributed by atoms with van der Waals surface area (Å²) < 4.78 is 4.89. The molecule has 0 fully saturated rings. The predicted molar refractivity (Wildman–Crippen MR) is 83.8 cm³/mol. The molecule has 0 aliphatic rings. The van der Waals surface area contributed by atoms with Crippen molar-refractivity contribution in [2.24, 2.45) is 0 Å². The van der Waals surface area contributed by atoms with Gasteiger partial charge in [0.2, 0.25) is 0 Å². The van der Waals surface area contributed by atoms with E-state index in [2.05, 4.69) is 5.32 Å². The molecule has 1 amide bonds. The Balaban J connectivity index is 0.00000312. The number of carbonyl (C=O) groups is 3. The van der Waals surface area contributed by atoms with Crippen molar-refractivity contribution < 1.29 is 53.8 Å². The van der Waals surface area contributed by atoms with Crippen LogP contribution >= 0.6 is 0 Å². The molecule has 0 aliphatic heterocycles. The van der Waals surface area contributed by atoms with Crippen molar-refractivity contribution in [3.63, 3.8) is 0 Å². The molecule has 1 N–H and O–H groups in total. The fraction of sp³-hybridized carbons (Fsp3) is 0.167. The third kappa shape index (κ3) is 7.09. The maximum absolute atomic E-state index is 11.8. The van der Waals surface area contributed by atoms with E-state index in [4.69, 9.17) is 4.74 Å². The van der Waals surface area contributed by atoms with Crippen LogP contribution in [0.3, 0.4) is 0 Å². The molecule has 2 rings (SSSR count). The Bertz CT molecular complexity index is 706. The van der Waals surface area contributed by atoms with Gasteiger partial charge in [0.1, 0.15) is 12.6 Å². The molecule has 0 aromatic heterocycles. The van der Waals surface area contributed by atoms with Gasteiger partial charge in [0.15, 0.2) is 0 Å². The van der Waals surface area contributed by atoms with Crippen molar-refractivity contribution in [2.45, 2.75) is 12.5 Å². The number of nitrogens with one attached hydrogen (secondary N) is 1. The van der Waals surface area contributed by atoms with Gasteiger partial charge in [0.25, 0.3) is 5.91 Å². The number of hydrogen-bond donors (Lipinski definition) is 1. The second-order valence-electron chi connectivity index (χ2n) is 5.04. The average molecular weight is 349 g/mol. The minimum Gasteiger partial charge on any atom is -0.546 e. The van der Waals surface area contributed by atoms with Gasteiger partial charge in [0.05, 0.1) is 5.97 Å². The van der Waals surface area contributed by atoms with Crippen molar-refractivity contribution in [3.05, 3.63) is 71.8 Å². The predicted octanol–water partition coefficient (Wildman–Crippen LogP) is -2.68. The Morgan fingerprint density at radius 1 is 0.960 bits per heavy atom. The van der Waals surface area contributed by atoms with Gasteiger partial charge in [-0.2, -0.15) is 0 Å². The molecule has 0 heterocycles. The summed E-state index contributed by atoms with van der Waals surface area (Å²) in [6, 6.07) is 17.1. The first-order valence-corrected chi connectivity index (χ1v) is 7.34. The number of rotatable bonds is 7. The summed E-state index contributed by atoms with van der Waals surface area (Å²) in [5.74, 6) is -2.77. The van der Waals surface area contributed by atoms with Crippen LogP contribution in [0.15, 0.2) is 60.7 Å². The molecule has 0 radical (unpaired) electrons. The zero-order chi connectivity index (χ0) is 17.4. The van der Waals surface area contributed by atoms with Crippen LogP contribution in [0.1, 0.15) is 15.9 Å². The number of amides is 1. The fourth-order valence-electron chi connectivity index (χ4n) is 2.05. The van der Waals surface area contributed by atoms with E-state index in [1.165, 1.54) is 0 Å². The minimum absolute atomic E-state index is 0. The van der Waals surface area contributed by atoms with Crippen molar-refractivity contribution in [2.75, 3.05) is 6.54 Å². The molecular weight excluding hydrogens is 333 g/mol. The number of ether oxygens (including phenoxy) is 1. The van der Waals surface area contributed by atoms with Gasteiger partial charge in [-0.3, -0.25) is 9.59 Å². The van der Waals surface area contributed by atoms with Gasteiger partial charge < -0.3 is 20.0 Å². The minimum atomic E-state index is -1.48. The third-order valence-electron chi connectivity index (χ3n) is 3.23. The van der Waals surface area contributed by atoms with Crippen LogP contribution in [0.25, 0.3) is 0 Å². The summed E-state index contributed by atoms with van der Waals surface area (Å²) in [5, 5.41) is 13.5. The van der Waals surface area contributed by atoms with E-state index in [1.54, 1.807) is 60.7 Å². The zero-order valence-electron chi connectivity index (χ0n) is 13.8. The number of aliphatic carboxylic acids is 1. The van der Waals surface area contributed by atoms with Crippen molar-refractivity contribution in [3.8, 4) is 0 Å². The summed E-state index contributed by atoms with van der Waals surface area (Å²) in [6.07, 6.45) is -1.41. The van der Waals surface area contributed by atoms with Crippen LogP contribution in [0.5, 0.6) is 0 Å². The number of hydrogen-bond acceptors (Lipinski definition) is 5. The van der Waals surface area contributed by atoms with Gasteiger partial charge in [-0.05, 0) is 17.7 Å². The second kappa shape index (κ2) is 10.7. The average Bonchev–Trinajstić information content (AvgIpc) is 2.60. The van der Waals surface area contributed by atoms with E-state index < -0.39 is 30.5 Å². The van der Waals surface area contributed by atoms with E-state index in [1.807, 2.05) is 0 Å². The first-order chi connectivity index (χ1) is 11.6. The number of carbonyl (C=O) groups excluding carboxylic acids is 3.